The smallest absolute Gasteiger partial charge is 0.410 e. The molecular weight excluding hydrogens is 614 g/mol. The normalized spacial score (nSPS) is 22.9. The number of rotatable bonds is 11. The van der Waals surface area contributed by atoms with Crippen molar-refractivity contribution in [2.45, 2.75) is 87.3 Å². The molecule has 5 atom stereocenters. The SMILES string of the molecule is COc1ccc(S(=O)(=O)N(C[C@@H](O)[C@H](Cc2ccccc2)NC(=O)OC2CC3CCO[C@@H]3C2)C2CN(C(=O)OC(C)(C)C)C2)cc1. The maximum atomic E-state index is 14.1. The van der Waals surface area contributed by atoms with Crippen LogP contribution in [0.1, 0.15) is 45.6 Å². The van der Waals surface area contributed by atoms with Gasteiger partial charge in [0.05, 0.1) is 36.3 Å². The Morgan fingerprint density at radius 2 is 1.78 bits per heavy atom. The second kappa shape index (κ2) is 14.2. The first-order chi connectivity index (χ1) is 21.8. The lowest BCUT2D eigenvalue weighted by Gasteiger charge is -2.45. The highest BCUT2D eigenvalue weighted by molar-refractivity contribution is 7.89. The molecule has 2 N–H and O–H groups in total. The molecule has 2 amide bonds. The van der Waals surface area contributed by atoms with E-state index in [2.05, 4.69) is 5.32 Å². The number of carbonyl (C=O) groups excluding carboxylic acids is 2. The molecule has 0 radical (unpaired) electrons. The number of amides is 2. The van der Waals surface area contributed by atoms with Crippen LogP contribution >= 0.6 is 0 Å². The maximum absolute atomic E-state index is 14.1. The summed E-state index contributed by atoms with van der Waals surface area (Å²) in [5.41, 5.74) is 0.141. The van der Waals surface area contributed by atoms with E-state index in [1.807, 2.05) is 30.3 Å². The summed E-state index contributed by atoms with van der Waals surface area (Å²) in [5.74, 6) is 0.872. The van der Waals surface area contributed by atoms with E-state index < -0.39 is 46.0 Å². The van der Waals surface area contributed by atoms with E-state index in [1.165, 1.54) is 28.4 Å². The fourth-order valence-electron chi connectivity index (χ4n) is 6.25. The number of fused-ring (bicyclic) bond motifs is 1. The van der Waals surface area contributed by atoms with Gasteiger partial charge >= 0.3 is 12.2 Å². The Labute approximate surface area is 271 Å². The van der Waals surface area contributed by atoms with Gasteiger partial charge in [0.15, 0.2) is 0 Å². The Morgan fingerprint density at radius 3 is 2.41 bits per heavy atom. The number of sulfonamides is 1. The summed E-state index contributed by atoms with van der Waals surface area (Å²) in [5, 5.41) is 14.5. The third-order valence-corrected chi connectivity index (χ3v) is 10.6. The molecule has 1 saturated carbocycles. The molecule has 2 heterocycles. The molecule has 1 aliphatic carbocycles. The van der Waals surface area contributed by atoms with Crippen LogP contribution in [0.5, 0.6) is 5.75 Å². The predicted octanol–water partition coefficient (Wildman–Crippen LogP) is 3.57. The van der Waals surface area contributed by atoms with E-state index >= 15 is 0 Å². The van der Waals surface area contributed by atoms with Crippen LogP contribution in [0.4, 0.5) is 9.59 Å². The van der Waals surface area contributed by atoms with Crippen molar-refractivity contribution < 1.29 is 42.1 Å². The van der Waals surface area contributed by atoms with Crippen LogP contribution in [0.2, 0.25) is 0 Å². The Morgan fingerprint density at radius 1 is 1.09 bits per heavy atom. The van der Waals surface area contributed by atoms with Crippen LogP contribution in [0.3, 0.4) is 0 Å². The zero-order valence-electron chi connectivity index (χ0n) is 26.8. The summed E-state index contributed by atoms with van der Waals surface area (Å²) in [6, 6.07) is 13.8. The fourth-order valence-corrected chi connectivity index (χ4v) is 7.88. The van der Waals surface area contributed by atoms with Crippen molar-refractivity contribution in [2.24, 2.45) is 5.92 Å². The van der Waals surface area contributed by atoms with Gasteiger partial charge in [0.2, 0.25) is 10.0 Å². The molecule has 13 heteroatoms. The van der Waals surface area contributed by atoms with Crippen molar-refractivity contribution in [2.75, 3.05) is 33.4 Å². The van der Waals surface area contributed by atoms with Crippen LogP contribution in [0, 0.1) is 5.92 Å². The highest BCUT2D eigenvalue weighted by Crippen LogP contribution is 2.37. The Kier molecular flexibility index (Phi) is 10.5. The number of hydrogen-bond donors (Lipinski definition) is 2. The summed E-state index contributed by atoms with van der Waals surface area (Å²) in [6.45, 7) is 5.85. The lowest BCUT2D eigenvalue weighted by molar-refractivity contribution is -0.00910. The minimum Gasteiger partial charge on any atom is -0.497 e. The van der Waals surface area contributed by atoms with Gasteiger partial charge in [-0.3, -0.25) is 0 Å². The van der Waals surface area contributed by atoms with Gasteiger partial charge in [-0.2, -0.15) is 4.31 Å². The van der Waals surface area contributed by atoms with Gasteiger partial charge < -0.3 is 34.3 Å². The summed E-state index contributed by atoms with van der Waals surface area (Å²) in [7, 11) is -2.66. The van der Waals surface area contributed by atoms with E-state index in [0.29, 0.717) is 18.1 Å². The highest BCUT2D eigenvalue weighted by atomic mass is 32.2. The summed E-state index contributed by atoms with van der Waals surface area (Å²) in [4.78, 5) is 27.2. The minimum atomic E-state index is -4.15. The van der Waals surface area contributed by atoms with Gasteiger partial charge in [0.1, 0.15) is 17.5 Å². The Balaban J connectivity index is 1.34. The van der Waals surface area contributed by atoms with E-state index in [-0.39, 0.29) is 43.2 Å². The fraction of sp³-hybridized carbons (Fsp3) is 0.576. The number of ether oxygens (including phenoxy) is 4. The average molecular weight is 660 g/mol. The van der Waals surface area contributed by atoms with Crippen LogP contribution < -0.4 is 10.1 Å². The second-order valence-electron chi connectivity index (χ2n) is 13.3. The Hall–Kier alpha value is -3.39. The zero-order valence-corrected chi connectivity index (χ0v) is 27.6. The lowest BCUT2D eigenvalue weighted by atomic mass is 10.0. The standard InChI is InChI=1S/C33H45N3O9S/c1-33(2,3)45-32(39)35-19-24(20-35)36(46(40,41)27-12-10-25(42-4)11-13-27)21-29(37)28(16-22-8-6-5-7-9-22)34-31(38)44-26-17-23-14-15-43-30(23)18-26/h5-13,23-24,26,28-30,37H,14-21H2,1-4H3,(H,34,38)/t23?,26?,28-,29+,30+/m0/s1. The van der Waals surface area contributed by atoms with Gasteiger partial charge in [-0.25, -0.2) is 18.0 Å². The van der Waals surface area contributed by atoms with Crippen LogP contribution in [-0.4, -0.2) is 104 Å². The molecule has 2 aromatic carbocycles. The largest absolute Gasteiger partial charge is 0.497 e. The van der Waals surface area contributed by atoms with Gasteiger partial charge in [-0.1, -0.05) is 30.3 Å². The number of likely N-dealkylation sites (tertiary alicyclic amines) is 1. The zero-order chi connectivity index (χ0) is 33.1. The number of aliphatic hydroxyl groups is 1. The summed E-state index contributed by atoms with van der Waals surface area (Å²) in [6.07, 6.45) is -0.167. The molecule has 2 aliphatic heterocycles. The third-order valence-electron chi connectivity index (χ3n) is 8.70. The molecular formula is C33H45N3O9S. The number of aliphatic hydroxyl groups excluding tert-OH is 1. The molecule has 0 bridgehead atoms. The summed E-state index contributed by atoms with van der Waals surface area (Å²) < 4.78 is 51.5. The predicted molar refractivity (Wildman–Crippen MR) is 169 cm³/mol. The third kappa shape index (κ3) is 8.30. The molecule has 0 aromatic heterocycles. The Bertz CT molecular complexity index is 1430. The monoisotopic (exact) mass is 659 g/mol. The number of benzene rings is 2. The molecule has 2 aromatic rings. The van der Waals surface area contributed by atoms with Gasteiger partial charge in [0, 0.05) is 32.7 Å². The first kappa shape index (κ1) is 34.0. The maximum Gasteiger partial charge on any atom is 0.410 e. The molecule has 2 saturated heterocycles. The van der Waals surface area contributed by atoms with Crippen LogP contribution in [0.25, 0.3) is 0 Å². The number of methoxy groups -OCH3 is 1. The van der Waals surface area contributed by atoms with Crippen molar-refractivity contribution >= 4 is 22.2 Å². The lowest BCUT2D eigenvalue weighted by Crippen LogP contribution is -2.64. The summed E-state index contributed by atoms with van der Waals surface area (Å²) >= 11 is 0. The number of hydrogen-bond acceptors (Lipinski definition) is 9. The van der Waals surface area contributed by atoms with E-state index in [1.54, 1.807) is 32.9 Å². The van der Waals surface area contributed by atoms with Crippen molar-refractivity contribution in [3.05, 3.63) is 60.2 Å². The molecule has 46 heavy (non-hydrogen) atoms. The molecule has 3 fully saturated rings. The van der Waals surface area contributed by atoms with Crippen molar-refractivity contribution in [1.29, 1.82) is 0 Å². The van der Waals surface area contributed by atoms with Crippen molar-refractivity contribution in [3.63, 3.8) is 0 Å². The topological polar surface area (TPSA) is 144 Å². The first-order valence-electron chi connectivity index (χ1n) is 15.8. The molecule has 5 rings (SSSR count). The van der Waals surface area contributed by atoms with Crippen LogP contribution in [0.15, 0.2) is 59.5 Å². The molecule has 2 unspecified atom stereocenters. The van der Waals surface area contributed by atoms with Gasteiger partial charge in [-0.05, 0) is 75.8 Å². The minimum absolute atomic E-state index is 0.0113. The number of alkyl carbamates (subject to hydrolysis) is 1. The quantitative estimate of drug-likeness (QED) is 0.370. The second-order valence-corrected chi connectivity index (χ2v) is 15.1. The number of nitrogens with zero attached hydrogens (tertiary/aromatic N) is 2. The van der Waals surface area contributed by atoms with Crippen LogP contribution in [-0.2, 0) is 30.7 Å². The highest BCUT2D eigenvalue weighted by Gasteiger charge is 2.44. The van der Waals surface area contributed by atoms with E-state index in [9.17, 15) is 23.1 Å². The van der Waals surface area contributed by atoms with Gasteiger partial charge in [-0.15, -0.1) is 0 Å². The van der Waals surface area contributed by atoms with Crippen molar-refractivity contribution in [1.82, 2.24) is 14.5 Å². The number of carbonyl (C=O) groups is 2. The average Bonchev–Trinajstić information content (AvgIpc) is 3.57. The van der Waals surface area contributed by atoms with Gasteiger partial charge in [0.25, 0.3) is 0 Å². The molecule has 3 aliphatic rings. The molecule has 0 spiro atoms. The number of nitrogens with one attached hydrogen (secondary N) is 1. The molecule has 12 nitrogen and oxygen atoms in total. The molecule has 252 valence electrons. The first-order valence-corrected chi connectivity index (χ1v) is 17.2. The van der Waals surface area contributed by atoms with E-state index in [4.69, 9.17) is 18.9 Å². The van der Waals surface area contributed by atoms with Crippen molar-refractivity contribution in [3.8, 4) is 5.75 Å². The van der Waals surface area contributed by atoms with E-state index in [0.717, 1.165) is 25.0 Å².